The Hall–Kier alpha value is -0.0800. The molecule has 0 saturated heterocycles. The van der Waals surface area contributed by atoms with Crippen molar-refractivity contribution < 1.29 is 0 Å². The van der Waals surface area contributed by atoms with Gasteiger partial charge >= 0.3 is 0 Å². The molecular formula is C17H36N2. The lowest BCUT2D eigenvalue weighted by atomic mass is 9.84. The Morgan fingerprint density at radius 3 is 2.26 bits per heavy atom. The van der Waals surface area contributed by atoms with Crippen LogP contribution in [0.15, 0.2) is 0 Å². The van der Waals surface area contributed by atoms with Gasteiger partial charge in [0.2, 0.25) is 0 Å². The van der Waals surface area contributed by atoms with Gasteiger partial charge in [-0.05, 0) is 31.2 Å². The van der Waals surface area contributed by atoms with E-state index in [0.29, 0.717) is 11.5 Å². The third kappa shape index (κ3) is 5.83. The zero-order valence-corrected chi connectivity index (χ0v) is 14.0. The highest BCUT2D eigenvalue weighted by Gasteiger charge is 2.28. The summed E-state index contributed by atoms with van der Waals surface area (Å²) in [5, 5.41) is 3.64. The maximum Gasteiger partial charge on any atom is 0.00953 e. The van der Waals surface area contributed by atoms with E-state index in [9.17, 15) is 0 Å². The molecule has 1 N–H and O–H groups in total. The van der Waals surface area contributed by atoms with Gasteiger partial charge in [-0.15, -0.1) is 0 Å². The lowest BCUT2D eigenvalue weighted by molar-refractivity contribution is 0.0961. The van der Waals surface area contributed by atoms with Crippen LogP contribution in [0.3, 0.4) is 0 Å². The van der Waals surface area contributed by atoms with Crippen molar-refractivity contribution in [3.8, 4) is 0 Å². The molecule has 2 heteroatoms. The van der Waals surface area contributed by atoms with Crippen molar-refractivity contribution in [3.05, 3.63) is 0 Å². The predicted molar refractivity (Wildman–Crippen MR) is 85.7 cm³/mol. The summed E-state index contributed by atoms with van der Waals surface area (Å²) < 4.78 is 0. The van der Waals surface area contributed by atoms with Crippen LogP contribution in [0.2, 0.25) is 0 Å². The Morgan fingerprint density at radius 1 is 1.16 bits per heavy atom. The summed E-state index contributed by atoms with van der Waals surface area (Å²) in [6, 6.07) is 1.44. The molecule has 1 saturated carbocycles. The van der Waals surface area contributed by atoms with Gasteiger partial charge in [-0.25, -0.2) is 0 Å². The molecule has 0 heterocycles. The van der Waals surface area contributed by atoms with Crippen molar-refractivity contribution in [1.82, 2.24) is 10.2 Å². The molecule has 1 aliphatic carbocycles. The molecule has 1 unspecified atom stereocenters. The second kappa shape index (κ2) is 8.26. The van der Waals surface area contributed by atoms with Crippen molar-refractivity contribution in [3.63, 3.8) is 0 Å². The summed E-state index contributed by atoms with van der Waals surface area (Å²) >= 11 is 0. The summed E-state index contributed by atoms with van der Waals surface area (Å²) in [5.74, 6) is 0. The van der Waals surface area contributed by atoms with Crippen LogP contribution in [0.4, 0.5) is 0 Å². The second-order valence-corrected chi connectivity index (χ2v) is 7.05. The SMILES string of the molecule is CCN(CC(C)(CC)CNC(C)C)C1CCCCC1. The normalized spacial score (nSPS) is 21.0. The van der Waals surface area contributed by atoms with E-state index < -0.39 is 0 Å². The van der Waals surface area contributed by atoms with Crippen molar-refractivity contribution in [2.75, 3.05) is 19.6 Å². The first-order valence-corrected chi connectivity index (χ1v) is 8.48. The molecule has 0 radical (unpaired) electrons. The fourth-order valence-corrected chi connectivity index (χ4v) is 3.18. The molecule has 114 valence electrons. The minimum absolute atomic E-state index is 0.414. The fourth-order valence-electron chi connectivity index (χ4n) is 3.18. The van der Waals surface area contributed by atoms with E-state index >= 15 is 0 Å². The van der Waals surface area contributed by atoms with E-state index in [2.05, 4.69) is 44.8 Å². The summed E-state index contributed by atoms with van der Waals surface area (Å²) in [6.07, 6.45) is 8.43. The maximum absolute atomic E-state index is 3.64. The highest BCUT2D eigenvalue weighted by atomic mass is 15.2. The van der Waals surface area contributed by atoms with Crippen molar-refractivity contribution in [1.29, 1.82) is 0 Å². The first-order valence-electron chi connectivity index (χ1n) is 8.48. The zero-order chi connectivity index (χ0) is 14.3. The van der Waals surface area contributed by atoms with Crippen LogP contribution in [-0.4, -0.2) is 36.6 Å². The van der Waals surface area contributed by atoms with Crippen LogP contribution < -0.4 is 5.32 Å². The summed E-state index contributed by atoms with van der Waals surface area (Å²) in [4.78, 5) is 2.75. The Labute approximate surface area is 121 Å². The van der Waals surface area contributed by atoms with Crippen LogP contribution in [0.25, 0.3) is 0 Å². The first kappa shape index (κ1) is 17.0. The van der Waals surface area contributed by atoms with Crippen LogP contribution in [0.5, 0.6) is 0 Å². The van der Waals surface area contributed by atoms with E-state index in [0.717, 1.165) is 12.6 Å². The van der Waals surface area contributed by atoms with Gasteiger partial charge in [-0.3, -0.25) is 0 Å². The van der Waals surface area contributed by atoms with Crippen LogP contribution in [0.1, 0.15) is 73.1 Å². The second-order valence-electron chi connectivity index (χ2n) is 7.05. The van der Waals surface area contributed by atoms with Crippen LogP contribution in [0, 0.1) is 5.41 Å². The first-order chi connectivity index (χ1) is 9.00. The van der Waals surface area contributed by atoms with Gasteiger partial charge in [0.1, 0.15) is 0 Å². The molecule has 19 heavy (non-hydrogen) atoms. The fraction of sp³-hybridized carbons (Fsp3) is 1.00. The minimum Gasteiger partial charge on any atom is -0.314 e. The van der Waals surface area contributed by atoms with E-state index in [4.69, 9.17) is 0 Å². The van der Waals surface area contributed by atoms with Gasteiger partial charge in [0, 0.05) is 25.2 Å². The van der Waals surface area contributed by atoms with E-state index in [1.165, 1.54) is 51.6 Å². The van der Waals surface area contributed by atoms with Crippen LogP contribution >= 0.6 is 0 Å². The quantitative estimate of drug-likeness (QED) is 0.714. The van der Waals surface area contributed by atoms with Crippen molar-refractivity contribution in [2.24, 2.45) is 5.41 Å². The van der Waals surface area contributed by atoms with Gasteiger partial charge in [-0.2, -0.15) is 0 Å². The molecule has 1 fully saturated rings. The summed E-state index contributed by atoms with van der Waals surface area (Å²) in [6.45, 7) is 15.2. The molecule has 0 aromatic heterocycles. The standard InChI is InChI=1S/C17H36N2/c1-6-17(5,13-18-15(3)4)14-19(7-2)16-11-9-8-10-12-16/h15-16,18H,6-14H2,1-5H3. The van der Waals surface area contributed by atoms with Gasteiger partial charge in [-0.1, -0.05) is 53.9 Å². The highest BCUT2D eigenvalue weighted by Crippen LogP contribution is 2.28. The van der Waals surface area contributed by atoms with Crippen molar-refractivity contribution in [2.45, 2.75) is 85.2 Å². The Balaban J connectivity index is 2.54. The lowest BCUT2D eigenvalue weighted by Gasteiger charge is -2.40. The number of hydrogen-bond acceptors (Lipinski definition) is 2. The number of hydrogen-bond donors (Lipinski definition) is 1. The van der Waals surface area contributed by atoms with Gasteiger partial charge in [0.25, 0.3) is 0 Å². The lowest BCUT2D eigenvalue weighted by Crippen LogP contribution is -2.47. The number of nitrogens with zero attached hydrogens (tertiary/aromatic N) is 1. The molecule has 0 amide bonds. The maximum atomic E-state index is 3.64. The monoisotopic (exact) mass is 268 g/mol. The predicted octanol–water partition coefficient (Wildman–Crippen LogP) is 4.06. The van der Waals surface area contributed by atoms with Gasteiger partial charge in [0.05, 0.1) is 0 Å². The molecule has 2 nitrogen and oxygen atoms in total. The Bertz CT molecular complexity index is 233. The Morgan fingerprint density at radius 2 is 1.79 bits per heavy atom. The van der Waals surface area contributed by atoms with Gasteiger partial charge in [0.15, 0.2) is 0 Å². The molecule has 0 bridgehead atoms. The molecule has 1 atom stereocenters. The number of rotatable bonds is 8. The molecule has 0 aliphatic heterocycles. The molecule has 1 aliphatic rings. The average Bonchev–Trinajstić information content (AvgIpc) is 2.43. The number of nitrogens with one attached hydrogen (secondary N) is 1. The minimum atomic E-state index is 0.414. The highest BCUT2D eigenvalue weighted by molar-refractivity contribution is 4.84. The topological polar surface area (TPSA) is 15.3 Å². The Kier molecular flexibility index (Phi) is 7.38. The zero-order valence-electron chi connectivity index (χ0n) is 14.0. The average molecular weight is 268 g/mol. The molecule has 1 rings (SSSR count). The van der Waals surface area contributed by atoms with E-state index in [1.54, 1.807) is 0 Å². The van der Waals surface area contributed by atoms with E-state index in [1.807, 2.05) is 0 Å². The van der Waals surface area contributed by atoms with Gasteiger partial charge < -0.3 is 10.2 Å². The van der Waals surface area contributed by atoms with Crippen molar-refractivity contribution >= 4 is 0 Å². The summed E-state index contributed by atoms with van der Waals surface area (Å²) in [5.41, 5.74) is 0.414. The molecular weight excluding hydrogens is 232 g/mol. The summed E-state index contributed by atoms with van der Waals surface area (Å²) in [7, 11) is 0. The largest absolute Gasteiger partial charge is 0.314 e. The van der Waals surface area contributed by atoms with E-state index in [-0.39, 0.29) is 0 Å². The van der Waals surface area contributed by atoms with Crippen LogP contribution in [-0.2, 0) is 0 Å². The molecule has 0 aromatic rings. The molecule has 0 spiro atoms. The smallest absolute Gasteiger partial charge is 0.00953 e. The molecule has 0 aromatic carbocycles. The third-order valence-corrected chi connectivity index (χ3v) is 4.87. The third-order valence-electron chi connectivity index (χ3n) is 4.87.